The minimum absolute atomic E-state index is 0.000455. The molecule has 0 aromatic carbocycles. The highest BCUT2D eigenvalue weighted by Gasteiger charge is 2.23. The third-order valence-corrected chi connectivity index (χ3v) is 1.75. The Bertz CT molecular complexity index is 409. The molecule has 0 atom stereocenters. The number of aromatic nitrogens is 2. The topological polar surface area (TPSA) is 78.9 Å². The maximum Gasteiger partial charge on any atom is 0.339 e. The number of hydrogen-bond acceptors (Lipinski definition) is 3. The molecule has 1 aromatic heterocycles. The van der Waals surface area contributed by atoms with Crippen molar-refractivity contribution in [2.24, 2.45) is 0 Å². The maximum atomic E-state index is 12.5. The molecule has 5 nitrogen and oxygen atoms in total. The van der Waals surface area contributed by atoms with Crippen LogP contribution >= 0.6 is 0 Å². The Kier molecular flexibility index (Phi) is 3.33. The first kappa shape index (κ1) is 11.1. The van der Waals surface area contributed by atoms with Crippen LogP contribution in [0.4, 0.5) is 8.78 Å². The molecule has 15 heavy (non-hydrogen) atoms. The largest absolute Gasteiger partial charge is 0.478 e. The molecular formula is C8H7F2N3O2. The van der Waals surface area contributed by atoms with Crippen LogP contribution < -0.4 is 0 Å². The SMILES string of the molecule is N#CCCn1ncc(C(=O)O)c1C(F)F. The zero-order valence-electron chi connectivity index (χ0n) is 7.52. The Morgan fingerprint density at radius 1 is 1.73 bits per heavy atom. The van der Waals surface area contributed by atoms with Crippen molar-refractivity contribution in [3.05, 3.63) is 17.5 Å². The molecule has 7 heteroatoms. The fraction of sp³-hybridized carbons (Fsp3) is 0.375. The van der Waals surface area contributed by atoms with Crippen LogP contribution in [0.1, 0.15) is 28.9 Å². The average molecular weight is 215 g/mol. The van der Waals surface area contributed by atoms with E-state index >= 15 is 0 Å². The Balaban J connectivity index is 3.07. The van der Waals surface area contributed by atoms with Crippen molar-refractivity contribution in [2.45, 2.75) is 19.4 Å². The summed E-state index contributed by atoms with van der Waals surface area (Å²) in [4.78, 5) is 10.6. The number of carboxylic acids is 1. The number of aromatic carboxylic acids is 1. The van der Waals surface area contributed by atoms with Crippen molar-refractivity contribution in [3.63, 3.8) is 0 Å². The summed E-state index contributed by atoms with van der Waals surface area (Å²) in [5.41, 5.74) is -1.18. The van der Waals surface area contributed by atoms with Gasteiger partial charge in [-0.05, 0) is 0 Å². The van der Waals surface area contributed by atoms with Gasteiger partial charge in [-0.15, -0.1) is 0 Å². The number of halogens is 2. The third kappa shape index (κ3) is 2.28. The number of carboxylic acid groups (broad SMARTS) is 1. The molecule has 1 aromatic rings. The van der Waals surface area contributed by atoms with Crippen LogP contribution in [0.3, 0.4) is 0 Å². The van der Waals surface area contributed by atoms with Gasteiger partial charge in [0.1, 0.15) is 11.3 Å². The second-order valence-corrected chi connectivity index (χ2v) is 2.68. The van der Waals surface area contributed by atoms with Gasteiger partial charge >= 0.3 is 5.97 Å². The zero-order valence-corrected chi connectivity index (χ0v) is 7.52. The van der Waals surface area contributed by atoms with E-state index < -0.39 is 23.7 Å². The van der Waals surface area contributed by atoms with Crippen molar-refractivity contribution in [3.8, 4) is 6.07 Å². The number of aryl methyl sites for hydroxylation is 1. The summed E-state index contributed by atoms with van der Waals surface area (Å²) < 4.78 is 25.8. The molecule has 0 amide bonds. The summed E-state index contributed by atoms with van der Waals surface area (Å²) in [7, 11) is 0. The van der Waals surface area contributed by atoms with Gasteiger partial charge in [0, 0.05) is 0 Å². The summed E-state index contributed by atoms with van der Waals surface area (Å²) in [6.45, 7) is -0.0382. The minimum Gasteiger partial charge on any atom is -0.478 e. The van der Waals surface area contributed by atoms with Crippen LogP contribution in [0.15, 0.2) is 6.20 Å². The maximum absolute atomic E-state index is 12.5. The molecule has 0 radical (unpaired) electrons. The Labute approximate surface area is 83.5 Å². The van der Waals surface area contributed by atoms with E-state index in [0.29, 0.717) is 0 Å². The van der Waals surface area contributed by atoms with Crippen molar-refractivity contribution >= 4 is 5.97 Å². The molecule has 0 unspecified atom stereocenters. The second-order valence-electron chi connectivity index (χ2n) is 2.68. The molecule has 0 aliphatic rings. The number of nitrogens with zero attached hydrogens (tertiary/aromatic N) is 3. The normalized spacial score (nSPS) is 10.3. The van der Waals surface area contributed by atoms with Gasteiger partial charge < -0.3 is 5.11 Å². The van der Waals surface area contributed by atoms with Gasteiger partial charge in [-0.2, -0.15) is 10.4 Å². The van der Waals surface area contributed by atoms with E-state index in [1.54, 1.807) is 6.07 Å². The molecular weight excluding hydrogens is 208 g/mol. The van der Waals surface area contributed by atoms with Gasteiger partial charge in [0.05, 0.1) is 25.2 Å². The molecule has 1 heterocycles. The molecule has 0 fully saturated rings. The van der Waals surface area contributed by atoms with Gasteiger partial charge in [-0.3, -0.25) is 4.68 Å². The van der Waals surface area contributed by atoms with E-state index in [-0.39, 0.29) is 13.0 Å². The van der Waals surface area contributed by atoms with E-state index in [2.05, 4.69) is 5.10 Å². The summed E-state index contributed by atoms with van der Waals surface area (Å²) in [5.74, 6) is -1.45. The first-order valence-corrected chi connectivity index (χ1v) is 4.02. The molecule has 1 N–H and O–H groups in total. The minimum atomic E-state index is -2.92. The number of rotatable bonds is 4. The predicted molar refractivity (Wildman–Crippen MR) is 44.4 cm³/mol. The number of hydrogen-bond donors (Lipinski definition) is 1. The smallest absolute Gasteiger partial charge is 0.339 e. The lowest BCUT2D eigenvalue weighted by Crippen LogP contribution is -2.08. The fourth-order valence-corrected chi connectivity index (χ4v) is 1.12. The van der Waals surface area contributed by atoms with Crippen LogP contribution in [-0.4, -0.2) is 20.9 Å². The van der Waals surface area contributed by atoms with Gasteiger partial charge in [-0.1, -0.05) is 0 Å². The zero-order chi connectivity index (χ0) is 11.4. The lowest BCUT2D eigenvalue weighted by Gasteiger charge is -2.04. The van der Waals surface area contributed by atoms with Gasteiger partial charge in [0.15, 0.2) is 0 Å². The van der Waals surface area contributed by atoms with Crippen molar-refractivity contribution in [1.29, 1.82) is 5.26 Å². The number of alkyl halides is 2. The van der Waals surface area contributed by atoms with E-state index in [4.69, 9.17) is 10.4 Å². The van der Waals surface area contributed by atoms with Crippen molar-refractivity contribution < 1.29 is 18.7 Å². The summed E-state index contributed by atoms with van der Waals surface area (Å²) >= 11 is 0. The highest BCUT2D eigenvalue weighted by molar-refractivity contribution is 5.88. The van der Waals surface area contributed by atoms with Crippen molar-refractivity contribution in [2.75, 3.05) is 0 Å². The standard InChI is InChI=1S/C8H7F2N3O2/c9-7(10)6-5(8(14)15)4-12-13(6)3-1-2-11/h4,7H,1,3H2,(H,14,15). The molecule has 0 aliphatic heterocycles. The first-order chi connectivity index (χ1) is 7.07. The van der Waals surface area contributed by atoms with Crippen LogP contribution in [0.25, 0.3) is 0 Å². The fourth-order valence-electron chi connectivity index (χ4n) is 1.12. The van der Waals surface area contributed by atoms with E-state index in [0.717, 1.165) is 10.9 Å². The Hall–Kier alpha value is -1.97. The van der Waals surface area contributed by atoms with Crippen LogP contribution in [-0.2, 0) is 6.54 Å². The number of carbonyl (C=O) groups is 1. The molecule has 0 saturated heterocycles. The average Bonchev–Trinajstić information content (AvgIpc) is 2.58. The van der Waals surface area contributed by atoms with E-state index in [1.807, 2.05) is 0 Å². The molecule has 0 aliphatic carbocycles. The monoisotopic (exact) mass is 215 g/mol. The Morgan fingerprint density at radius 2 is 2.40 bits per heavy atom. The number of nitriles is 1. The summed E-state index contributed by atoms with van der Waals surface area (Å²) in [6.07, 6.45) is -2.06. The lowest BCUT2D eigenvalue weighted by molar-refractivity contribution is 0.0682. The highest BCUT2D eigenvalue weighted by atomic mass is 19.3. The molecule has 80 valence electrons. The predicted octanol–water partition coefficient (Wildman–Crippen LogP) is 1.43. The van der Waals surface area contributed by atoms with Crippen LogP contribution in [0.2, 0.25) is 0 Å². The Morgan fingerprint density at radius 3 is 2.87 bits per heavy atom. The summed E-state index contributed by atoms with van der Waals surface area (Å²) in [5, 5.41) is 20.4. The van der Waals surface area contributed by atoms with E-state index in [1.165, 1.54) is 0 Å². The van der Waals surface area contributed by atoms with Crippen LogP contribution in [0.5, 0.6) is 0 Å². The molecule has 0 saturated carbocycles. The summed E-state index contributed by atoms with van der Waals surface area (Å²) in [6, 6.07) is 1.77. The van der Waals surface area contributed by atoms with Gasteiger partial charge in [0.2, 0.25) is 0 Å². The highest BCUT2D eigenvalue weighted by Crippen LogP contribution is 2.22. The molecule has 1 rings (SSSR count). The molecule has 0 bridgehead atoms. The van der Waals surface area contributed by atoms with Crippen molar-refractivity contribution in [1.82, 2.24) is 9.78 Å². The van der Waals surface area contributed by atoms with Gasteiger partial charge in [0.25, 0.3) is 6.43 Å². The first-order valence-electron chi connectivity index (χ1n) is 4.02. The lowest BCUT2D eigenvalue weighted by atomic mass is 10.2. The second kappa shape index (κ2) is 4.50. The quantitative estimate of drug-likeness (QED) is 0.823. The van der Waals surface area contributed by atoms with Crippen LogP contribution in [0, 0.1) is 11.3 Å². The molecule has 0 spiro atoms. The third-order valence-electron chi connectivity index (χ3n) is 1.75. The van der Waals surface area contributed by atoms with E-state index in [9.17, 15) is 13.6 Å². The van der Waals surface area contributed by atoms with Gasteiger partial charge in [-0.25, -0.2) is 13.6 Å².